The van der Waals surface area contributed by atoms with Crippen LogP contribution in [0.15, 0.2) is 73.1 Å². The molecule has 0 spiro atoms. The van der Waals surface area contributed by atoms with Crippen molar-refractivity contribution in [3.63, 3.8) is 0 Å². The first-order valence-electron chi connectivity index (χ1n) is 24.1. The topological polar surface area (TPSA) is 132 Å². The van der Waals surface area contributed by atoms with Gasteiger partial charge in [-0.2, -0.15) is 19.2 Å². The molecule has 14 nitrogen and oxygen atoms in total. The van der Waals surface area contributed by atoms with E-state index in [9.17, 15) is 9.59 Å². The maximum absolute atomic E-state index is 13.4. The molecule has 65 heavy (non-hydrogen) atoms. The monoisotopic (exact) mass is 879 g/mol. The van der Waals surface area contributed by atoms with Gasteiger partial charge in [0.1, 0.15) is 11.6 Å². The van der Waals surface area contributed by atoms with Crippen LogP contribution in [0.3, 0.4) is 0 Å². The molecule has 14 heteroatoms. The predicted molar refractivity (Wildman–Crippen MR) is 256 cm³/mol. The fourth-order valence-corrected chi connectivity index (χ4v) is 10.4. The van der Waals surface area contributed by atoms with Gasteiger partial charge in [-0.3, -0.25) is 9.59 Å². The number of rotatable bonds is 8. The normalized spacial score (nSPS) is 18.3. The smallest absolute Gasteiger partial charge is 0.229 e. The maximum Gasteiger partial charge on any atom is 0.229 e. The van der Waals surface area contributed by atoms with Crippen molar-refractivity contribution in [1.82, 2.24) is 49.6 Å². The third-order valence-electron chi connectivity index (χ3n) is 14.0. The molecular weight excluding hydrogens is 813 g/mol. The summed E-state index contributed by atoms with van der Waals surface area (Å²) >= 11 is 0. The molecule has 2 fully saturated rings. The number of hydrogen-bond acceptors (Lipinski definition) is 10. The zero-order valence-electron chi connectivity index (χ0n) is 39.0. The number of nitrogens with zero attached hydrogens (tertiary/aromatic N) is 10. The Labute approximate surface area is 383 Å². The Morgan fingerprint density at radius 1 is 0.662 bits per heavy atom. The maximum atomic E-state index is 13.4. The standard InChI is InChI=1S/C25H30N6O.C24H30N6O.C2H6/c1-29(22-8-4-6-17-5-2-3-7-19(17)22)25(32)18-15-30(16-18)24-20-9-12-26-13-10-21(20)28-23-11-14-27-31(23)24;1-3-17-4-6-18(7-5-17)14-28(2)24(31)19-15-29(16-19)23-20-8-11-25-12-9-21(20)27-22-10-13-26-30(22)23;1-2/h2-3,5,7,11,14,18,22,26H,4,6,8-10,12-13,15-16H2,1H3;4-7,10,13,19,25H,3,8-9,11-12,14-16H2,1-2H3;1-2H3. The van der Waals surface area contributed by atoms with Gasteiger partial charge in [0.25, 0.3) is 0 Å². The first kappa shape index (κ1) is 44.3. The largest absolute Gasteiger partial charge is 0.354 e. The average Bonchev–Trinajstić information content (AvgIpc) is 3.84. The molecule has 1 unspecified atom stereocenters. The van der Waals surface area contributed by atoms with Gasteiger partial charge in [-0.25, -0.2) is 9.97 Å². The highest BCUT2D eigenvalue weighted by atomic mass is 16.2. The Balaban J connectivity index is 0.000000158. The number of carbonyl (C=O) groups excluding carboxylic acids is 2. The number of amides is 2. The number of aryl methyl sites for hydroxylation is 2. The third kappa shape index (κ3) is 8.94. The van der Waals surface area contributed by atoms with Crippen molar-refractivity contribution >= 4 is 34.7 Å². The van der Waals surface area contributed by atoms with Crippen LogP contribution in [0.1, 0.15) is 84.4 Å². The molecule has 342 valence electrons. The van der Waals surface area contributed by atoms with Crippen molar-refractivity contribution in [2.75, 3.05) is 76.3 Å². The molecule has 1 aliphatic carbocycles. The number of nitrogens with one attached hydrogen (secondary N) is 2. The molecule has 0 saturated carbocycles. The van der Waals surface area contributed by atoms with E-state index in [2.05, 4.69) is 86.1 Å². The van der Waals surface area contributed by atoms with E-state index in [1.54, 1.807) is 0 Å². The van der Waals surface area contributed by atoms with E-state index in [0.29, 0.717) is 6.54 Å². The van der Waals surface area contributed by atoms with Crippen LogP contribution in [0.25, 0.3) is 11.3 Å². The summed E-state index contributed by atoms with van der Waals surface area (Å²) in [5.74, 6) is 2.80. The molecule has 0 bridgehead atoms. The summed E-state index contributed by atoms with van der Waals surface area (Å²) in [6.45, 7) is 13.6. The van der Waals surface area contributed by atoms with E-state index in [4.69, 9.17) is 9.97 Å². The molecule has 1 atom stereocenters. The van der Waals surface area contributed by atoms with Crippen LogP contribution in [0.2, 0.25) is 0 Å². The summed E-state index contributed by atoms with van der Waals surface area (Å²) in [5.41, 5.74) is 11.9. The van der Waals surface area contributed by atoms with Crippen molar-refractivity contribution in [2.24, 2.45) is 11.8 Å². The zero-order chi connectivity index (χ0) is 45.0. The molecule has 6 aromatic rings. The summed E-state index contributed by atoms with van der Waals surface area (Å²) in [4.78, 5) is 44.7. The van der Waals surface area contributed by atoms with E-state index in [0.717, 1.165) is 132 Å². The molecule has 5 aliphatic rings. The van der Waals surface area contributed by atoms with Crippen molar-refractivity contribution < 1.29 is 9.59 Å². The first-order chi connectivity index (χ1) is 31.8. The predicted octanol–water partition coefficient (Wildman–Crippen LogP) is 5.49. The Morgan fingerprint density at radius 2 is 1.18 bits per heavy atom. The minimum atomic E-state index is 0.0262. The highest BCUT2D eigenvalue weighted by molar-refractivity contribution is 5.83. The van der Waals surface area contributed by atoms with E-state index in [1.807, 2.05) is 71.3 Å². The molecule has 11 rings (SSSR count). The summed E-state index contributed by atoms with van der Waals surface area (Å²) in [6, 6.07) is 21.3. The molecular formula is C51H66N12O2. The van der Waals surface area contributed by atoms with Crippen LogP contribution in [0, 0.1) is 11.8 Å². The van der Waals surface area contributed by atoms with Crippen LogP contribution in [0.5, 0.6) is 0 Å². The fraction of sp³-hybridized carbons (Fsp3) is 0.490. The van der Waals surface area contributed by atoms with Gasteiger partial charge in [-0.15, -0.1) is 0 Å². The zero-order valence-corrected chi connectivity index (χ0v) is 39.0. The molecule has 2 saturated heterocycles. The van der Waals surface area contributed by atoms with Crippen LogP contribution >= 0.6 is 0 Å². The molecule has 4 aromatic heterocycles. The lowest BCUT2D eigenvalue weighted by Gasteiger charge is -2.44. The Kier molecular flexibility index (Phi) is 13.4. The number of benzene rings is 2. The molecule has 2 N–H and O–H groups in total. The van der Waals surface area contributed by atoms with Crippen molar-refractivity contribution in [3.8, 4) is 0 Å². The summed E-state index contributed by atoms with van der Waals surface area (Å²) in [7, 11) is 3.90. The van der Waals surface area contributed by atoms with Gasteiger partial charge < -0.3 is 30.2 Å². The van der Waals surface area contributed by atoms with Crippen LogP contribution in [-0.2, 0) is 54.7 Å². The van der Waals surface area contributed by atoms with Gasteiger partial charge in [0.15, 0.2) is 11.3 Å². The SMILES string of the molecule is CC.CCc1ccc(CN(C)C(=O)C2CN(c3c4c(nc5ccnn35)CCNCC4)C2)cc1.CN(C(=O)C1CN(c2c3c(nc4ccnn24)CCNCC3)C1)C1CCCc2ccccc21. The molecule has 8 heterocycles. The second kappa shape index (κ2) is 19.7. The second-order valence-corrected chi connectivity index (χ2v) is 18.0. The van der Waals surface area contributed by atoms with E-state index in [-0.39, 0.29) is 29.7 Å². The molecule has 2 aromatic carbocycles. The number of fused-ring (bicyclic) bond motifs is 5. The Hall–Kier alpha value is -5.86. The van der Waals surface area contributed by atoms with Crippen LogP contribution < -0.4 is 20.4 Å². The van der Waals surface area contributed by atoms with Gasteiger partial charge >= 0.3 is 0 Å². The number of hydrogen-bond donors (Lipinski definition) is 2. The third-order valence-corrected chi connectivity index (χ3v) is 14.0. The molecule has 4 aliphatic heterocycles. The minimum Gasteiger partial charge on any atom is -0.354 e. The number of anilines is 2. The van der Waals surface area contributed by atoms with Gasteiger partial charge in [0, 0.05) is 96.0 Å². The van der Waals surface area contributed by atoms with E-state index < -0.39 is 0 Å². The quantitative estimate of drug-likeness (QED) is 0.203. The summed E-state index contributed by atoms with van der Waals surface area (Å²) in [6.07, 6.45) is 11.7. The lowest BCUT2D eigenvalue weighted by atomic mass is 9.86. The van der Waals surface area contributed by atoms with Gasteiger partial charge in [-0.1, -0.05) is 69.3 Å². The van der Waals surface area contributed by atoms with Crippen LogP contribution in [0.4, 0.5) is 11.6 Å². The minimum absolute atomic E-state index is 0.0262. The van der Waals surface area contributed by atoms with Gasteiger partial charge in [0.2, 0.25) is 11.8 Å². The van der Waals surface area contributed by atoms with Crippen molar-refractivity contribution in [2.45, 2.75) is 84.7 Å². The van der Waals surface area contributed by atoms with Crippen LogP contribution in [-0.4, -0.2) is 117 Å². The van der Waals surface area contributed by atoms with Crippen molar-refractivity contribution in [1.29, 1.82) is 0 Å². The van der Waals surface area contributed by atoms with E-state index in [1.165, 1.54) is 39.1 Å². The Morgan fingerprint density at radius 3 is 1.75 bits per heavy atom. The fourth-order valence-electron chi connectivity index (χ4n) is 10.4. The molecule has 0 radical (unpaired) electrons. The first-order valence-corrected chi connectivity index (χ1v) is 24.1. The molecule has 2 amide bonds. The number of carbonyl (C=O) groups is 2. The van der Waals surface area contributed by atoms with Crippen molar-refractivity contribution in [3.05, 3.63) is 118 Å². The number of aromatic nitrogens is 6. The Bertz CT molecular complexity index is 2610. The lowest BCUT2D eigenvalue weighted by Crippen LogP contribution is -2.55. The summed E-state index contributed by atoms with van der Waals surface area (Å²) < 4.78 is 3.91. The second-order valence-electron chi connectivity index (χ2n) is 18.0. The highest BCUT2D eigenvalue weighted by Gasteiger charge is 2.40. The van der Waals surface area contributed by atoms with Gasteiger partial charge in [0.05, 0.1) is 41.7 Å². The van der Waals surface area contributed by atoms with Gasteiger partial charge in [-0.05, 0) is 73.9 Å². The highest BCUT2D eigenvalue weighted by Crippen LogP contribution is 2.37. The summed E-state index contributed by atoms with van der Waals surface area (Å²) in [5, 5.41) is 16.0. The lowest BCUT2D eigenvalue weighted by molar-refractivity contribution is -0.137. The average molecular weight is 879 g/mol. The van der Waals surface area contributed by atoms with E-state index >= 15 is 0 Å².